The van der Waals surface area contributed by atoms with Crippen LogP contribution in [0.25, 0.3) is 0 Å². The van der Waals surface area contributed by atoms with Crippen molar-refractivity contribution in [3.63, 3.8) is 0 Å². The molecule has 2 aromatic rings. The van der Waals surface area contributed by atoms with Crippen molar-refractivity contribution in [1.82, 2.24) is 4.98 Å². The number of halogens is 3. The molecule has 0 amide bonds. The van der Waals surface area contributed by atoms with Gasteiger partial charge in [-0.05, 0) is 40.5 Å². The van der Waals surface area contributed by atoms with E-state index in [-0.39, 0.29) is 5.88 Å². The van der Waals surface area contributed by atoms with E-state index in [1.807, 2.05) is 6.92 Å². The fraction of sp³-hybridized carbons (Fsp3) is 0.0833. The quantitative estimate of drug-likeness (QED) is 0.917. The van der Waals surface area contributed by atoms with Crippen LogP contribution in [-0.4, -0.2) is 4.98 Å². The molecule has 1 aromatic heterocycles. The van der Waals surface area contributed by atoms with Gasteiger partial charge in [-0.1, -0.05) is 6.07 Å². The maximum absolute atomic E-state index is 13.4. The minimum Gasteiger partial charge on any atom is -0.435 e. The molecule has 0 aliphatic carbocycles. The smallest absolute Gasteiger partial charge is 0.258 e. The van der Waals surface area contributed by atoms with Gasteiger partial charge in [-0.2, -0.15) is 4.98 Å². The second-order valence-corrected chi connectivity index (χ2v) is 4.53. The van der Waals surface area contributed by atoms with Gasteiger partial charge in [-0.3, -0.25) is 0 Å². The van der Waals surface area contributed by atoms with Gasteiger partial charge in [0.25, 0.3) is 5.88 Å². The lowest BCUT2D eigenvalue weighted by atomic mass is 10.2. The van der Waals surface area contributed by atoms with E-state index in [1.54, 1.807) is 18.2 Å². The Morgan fingerprint density at radius 1 is 1.22 bits per heavy atom. The molecule has 6 heteroatoms. The zero-order valence-corrected chi connectivity index (χ0v) is 11.0. The lowest BCUT2D eigenvalue weighted by molar-refractivity contribution is 0.416. The first-order chi connectivity index (χ1) is 8.47. The Hall–Kier alpha value is -1.69. The minimum absolute atomic E-state index is 0.363. The molecule has 0 spiro atoms. The molecule has 0 aliphatic rings. The van der Waals surface area contributed by atoms with Crippen LogP contribution in [0.3, 0.4) is 0 Å². The number of nitrogens with two attached hydrogens (primary N) is 1. The zero-order valence-electron chi connectivity index (χ0n) is 9.38. The second-order valence-electron chi connectivity index (χ2n) is 3.68. The topological polar surface area (TPSA) is 48.1 Å². The van der Waals surface area contributed by atoms with Crippen molar-refractivity contribution in [2.75, 3.05) is 5.73 Å². The third-order valence-electron chi connectivity index (χ3n) is 2.22. The number of aryl methyl sites for hydroxylation is 1. The van der Waals surface area contributed by atoms with E-state index >= 15 is 0 Å². The maximum atomic E-state index is 13.4. The summed E-state index contributed by atoms with van der Waals surface area (Å²) in [6, 6.07) is 5.89. The van der Waals surface area contributed by atoms with E-state index in [2.05, 4.69) is 20.9 Å². The first-order valence-electron chi connectivity index (χ1n) is 5.03. The van der Waals surface area contributed by atoms with Crippen molar-refractivity contribution in [1.29, 1.82) is 0 Å². The van der Waals surface area contributed by atoms with E-state index in [1.165, 1.54) is 0 Å². The summed E-state index contributed by atoms with van der Waals surface area (Å²) in [7, 11) is 0. The molecule has 0 aliphatic heterocycles. The zero-order chi connectivity index (χ0) is 13.3. The van der Waals surface area contributed by atoms with Gasteiger partial charge in [0.2, 0.25) is 0 Å². The van der Waals surface area contributed by atoms with Crippen molar-refractivity contribution in [3.05, 3.63) is 45.9 Å². The average molecular weight is 315 g/mol. The number of aromatic nitrogens is 1. The highest BCUT2D eigenvalue weighted by atomic mass is 79.9. The normalized spacial score (nSPS) is 10.4. The molecule has 0 bridgehead atoms. The Labute approximate surface area is 111 Å². The number of rotatable bonds is 2. The van der Waals surface area contributed by atoms with E-state index in [0.29, 0.717) is 16.3 Å². The summed E-state index contributed by atoms with van der Waals surface area (Å²) >= 11 is 3.28. The van der Waals surface area contributed by atoms with Crippen LogP contribution in [0.1, 0.15) is 5.56 Å². The number of nitrogen functional groups attached to an aromatic ring is 1. The highest BCUT2D eigenvalue weighted by Crippen LogP contribution is 2.31. The van der Waals surface area contributed by atoms with Crippen LogP contribution in [-0.2, 0) is 0 Å². The number of nitrogens with zero attached hydrogens (tertiary/aromatic N) is 1. The molecule has 3 nitrogen and oxygen atoms in total. The van der Waals surface area contributed by atoms with Gasteiger partial charge < -0.3 is 10.5 Å². The maximum Gasteiger partial charge on any atom is 0.258 e. The highest BCUT2D eigenvalue weighted by Gasteiger charge is 2.13. The molecule has 0 atom stereocenters. The number of hydrogen-bond donors (Lipinski definition) is 1. The summed E-state index contributed by atoms with van der Waals surface area (Å²) in [6.07, 6.45) is 0. The largest absolute Gasteiger partial charge is 0.435 e. The van der Waals surface area contributed by atoms with Crippen LogP contribution in [0.4, 0.5) is 14.6 Å². The fourth-order valence-corrected chi connectivity index (χ4v) is 1.90. The molecule has 2 N–H and O–H groups in total. The summed E-state index contributed by atoms with van der Waals surface area (Å²) in [5.41, 5.74) is 6.28. The van der Waals surface area contributed by atoms with Gasteiger partial charge in [0.15, 0.2) is 17.5 Å². The number of hydrogen-bond acceptors (Lipinski definition) is 3. The summed E-state index contributed by atoms with van der Waals surface area (Å²) in [4.78, 5) is 3.52. The van der Waals surface area contributed by atoms with Crippen LogP contribution < -0.4 is 10.5 Å². The predicted molar refractivity (Wildman–Crippen MR) is 67.5 cm³/mol. The van der Waals surface area contributed by atoms with Gasteiger partial charge in [0.05, 0.1) is 4.47 Å². The molecule has 0 saturated carbocycles. The summed E-state index contributed by atoms with van der Waals surface area (Å²) in [5, 5.41) is 0. The molecule has 1 aromatic carbocycles. The number of pyridine rings is 1. The number of benzene rings is 1. The summed E-state index contributed by atoms with van der Waals surface area (Å²) in [6.45, 7) is 1.91. The van der Waals surface area contributed by atoms with Crippen molar-refractivity contribution in [2.24, 2.45) is 0 Å². The first-order valence-corrected chi connectivity index (χ1v) is 5.82. The minimum atomic E-state index is -0.914. The molecule has 0 radical (unpaired) electrons. The van der Waals surface area contributed by atoms with E-state index < -0.39 is 17.5 Å². The standard InChI is InChI=1S/C12H9BrF2N2O/c1-6-2-3-10(7(13)4-6)18-12-9(15)5-8(14)11(16)17-12/h2-5H,1H3,(H2,16,17). The second kappa shape index (κ2) is 4.89. The number of anilines is 1. The fourth-order valence-electron chi connectivity index (χ4n) is 1.33. The lowest BCUT2D eigenvalue weighted by Gasteiger charge is -2.09. The van der Waals surface area contributed by atoms with E-state index in [4.69, 9.17) is 10.5 Å². The van der Waals surface area contributed by atoms with Crippen LogP contribution >= 0.6 is 15.9 Å². The van der Waals surface area contributed by atoms with Gasteiger partial charge >= 0.3 is 0 Å². The van der Waals surface area contributed by atoms with Crippen molar-refractivity contribution >= 4 is 21.7 Å². The molecule has 0 fully saturated rings. The molecule has 1 heterocycles. The van der Waals surface area contributed by atoms with Crippen molar-refractivity contribution in [3.8, 4) is 11.6 Å². The Morgan fingerprint density at radius 2 is 1.94 bits per heavy atom. The lowest BCUT2D eigenvalue weighted by Crippen LogP contribution is -2.00. The predicted octanol–water partition coefficient (Wildman–Crippen LogP) is 3.81. The van der Waals surface area contributed by atoms with Crippen molar-refractivity contribution in [2.45, 2.75) is 6.92 Å². The Balaban J connectivity index is 2.37. The third kappa shape index (κ3) is 2.59. The van der Waals surface area contributed by atoms with Crippen LogP contribution in [0.5, 0.6) is 11.6 Å². The third-order valence-corrected chi connectivity index (χ3v) is 2.84. The molecule has 0 unspecified atom stereocenters. The SMILES string of the molecule is Cc1ccc(Oc2nc(N)c(F)cc2F)c(Br)c1. The van der Waals surface area contributed by atoms with E-state index in [9.17, 15) is 8.78 Å². The molecule has 94 valence electrons. The Morgan fingerprint density at radius 3 is 2.61 bits per heavy atom. The Kier molecular flexibility index (Phi) is 3.47. The van der Waals surface area contributed by atoms with Gasteiger partial charge in [-0.15, -0.1) is 0 Å². The average Bonchev–Trinajstić information content (AvgIpc) is 2.29. The highest BCUT2D eigenvalue weighted by molar-refractivity contribution is 9.10. The first kappa shape index (κ1) is 12.8. The molecule has 0 saturated heterocycles. The molecule has 2 rings (SSSR count). The molecular weight excluding hydrogens is 306 g/mol. The molecule has 18 heavy (non-hydrogen) atoms. The summed E-state index contributed by atoms with van der Waals surface area (Å²) < 4.78 is 32.3. The van der Waals surface area contributed by atoms with Gasteiger partial charge in [-0.25, -0.2) is 8.78 Å². The number of ether oxygens (including phenoxy) is 1. The molecular formula is C12H9BrF2N2O. The van der Waals surface area contributed by atoms with Gasteiger partial charge in [0.1, 0.15) is 5.75 Å². The Bertz CT molecular complexity index is 605. The van der Waals surface area contributed by atoms with Crippen molar-refractivity contribution < 1.29 is 13.5 Å². The van der Waals surface area contributed by atoms with Crippen LogP contribution in [0.2, 0.25) is 0 Å². The summed E-state index contributed by atoms with van der Waals surface area (Å²) in [5.74, 6) is -2.22. The van der Waals surface area contributed by atoms with Crippen LogP contribution in [0.15, 0.2) is 28.7 Å². The van der Waals surface area contributed by atoms with Crippen LogP contribution in [0, 0.1) is 18.6 Å². The van der Waals surface area contributed by atoms with E-state index in [0.717, 1.165) is 5.56 Å². The van der Waals surface area contributed by atoms with Gasteiger partial charge in [0, 0.05) is 6.07 Å². The monoisotopic (exact) mass is 314 g/mol.